The second-order valence-corrected chi connectivity index (χ2v) is 9.98. The minimum atomic E-state index is -2.74. The topological polar surface area (TPSA) is 0 Å². The first-order valence-electron chi connectivity index (χ1n) is 4.08. The SMILES string of the molecule is CCP(C)(F)(CC)C(C)C. The van der Waals surface area contributed by atoms with Crippen LogP contribution >= 0.6 is 6.91 Å². The van der Waals surface area contributed by atoms with E-state index >= 15 is 0 Å². The summed E-state index contributed by atoms with van der Waals surface area (Å²) >= 11 is 0. The maximum absolute atomic E-state index is 14.2. The van der Waals surface area contributed by atoms with Gasteiger partial charge in [-0.15, -0.1) is 0 Å². The molecule has 0 aliphatic carbocycles. The average molecular weight is 166 g/mol. The van der Waals surface area contributed by atoms with Crippen molar-refractivity contribution in [2.75, 3.05) is 19.0 Å². The van der Waals surface area contributed by atoms with Crippen LogP contribution in [-0.4, -0.2) is 24.6 Å². The van der Waals surface area contributed by atoms with Gasteiger partial charge in [0.2, 0.25) is 0 Å². The molecule has 0 amide bonds. The van der Waals surface area contributed by atoms with Crippen molar-refractivity contribution in [3.8, 4) is 0 Å². The molecule has 0 aromatic rings. The number of hydrogen-bond donors (Lipinski definition) is 0. The Morgan fingerprint density at radius 2 is 1.50 bits per heavy atom. The van der Waals surface area contributed by atoms with Gasteiger partial charge in [0, 0.05) is 0 Å². The van der Waals surface area contributed by atoms with Gasteiger partial charge >= 0.3 is 63.5 Å². The molecule has 0 aliphatic heterocycles. The van der Waals surface area contributed by atoms with Gasteiger partial charge in [-0.05, 0) is 0 Å². The summed E-state index contributed by atoms with van der Waals surface area (Å²) in [6.07, 6.45) is 1.47. The second kappa shape index (κ2) is 2.77. The Kier molecular flexibility index (Phi) is 2.87. The maximum atomic E-state index is 14.2. The molecule has 2 heteroatoms. The zero-order chi connectivity index (χ0) is 8.44. The molecule has 0 saturated carbocycles. The summed E-state index contributed by atoms with van der Waals surface area (Å²) in [6.45, 7) is 7.08. The first-order valence-corrected chi connectivity index (χ1v) is 7.09. The van der Waals surface area contributed by atoms with E-state index < -0.39 is 6.91 Å². The standard InChI is InChI=1S/C8H20FP/c1-6-10(5,9,7-2)8(3)4/h8H,6-7H2,1-5H3. The van der Waals surface area contributed by atoms with Gasteiger partial charge in [-0.3, -0.25) is 0 Å². The summed E-state index contributed by atoms with van der Waals surface area (Å²) in [5.74, 6) is 0. The van der Waals surface area contributed by atoms with Crippen LogP contribution in [0.3, 0.4) is 0 Å². The average Bonchev–Trinajstić information content (AvgIpc) is 1.89. The van der Waals surface area contributed by atoms with Crippen LogP contribution in [0.15, 0.2) is 0 Å². The number of hydrogen-bond acceptors (Lipinski definition) is 0. The first-order chi connectivity index (χ1) is 4.35. The third-order valence-corrected chi connectivity index (χ3v) is 9.38. The van der Waals surface area contributed by atoms with Gasteiger partial charge in [0.15, 0.2) is 0 Å². The molecule has 0 saturated heterocycles. The van der Waals surface area contributed by atoms with E-state index in [0.717, 1.165) is 12.3 Å². The van der Waals surface area contributed by atoms with Crippen molar-refractivity contribution < 1.29 is 4.20 Å². The van der Waals surface area contributed by atoms with E-state index in [1.165, 1.54) is 0 Å². The predicted molar refractivity (Wildman–Crippen MR) is 50.2 cm³/mol. The van der Waals surface area contributed by atoms with Crippen LogP contribution in [0.4, 0.5) is 4.20 Å². The molecule has 64 valence electrons. The number of halogens is 1. The van der Waals surface area contributed by atoms with Crippen LogP contribution in [0.1, 0.15) is 27.7 Å². The van der Waals surface area contributed by atoms with Crippen LogP contribution in [0, 0.1) is 0 Å². The van der Waals surface area contributed by atoms with E-state index in [4.69, 9.17) is 0 Å². The second-order valence-electron chi connectivity index (χ2n) is 3.71. The molecule has 0 aromatic carbocycles. The first kappa shape index (κ1) is 10.4. The monoisotopic (exact) mass is 166 g/mol. The van der Waals surface area contributed by atoms with Crippen molar-refractivity contribution in [2.24, 2.45) is 0 Å². The fraction of sp³-hybridized carbons (Fsp3) is 1.00. The summed E-state index contributed by atoms with van der Waals surface area (Å²) in [5, 5.41) is 0. The minimum absolute atomic E-state index is 0.237. The summed E-state index contributed by atoms with van der Waals surface area (Å²) in [4.78, 5) is 0. The van der Waals surface area contributed by atoms with Crippen LogP contribution in [0.2, 0.25) is 0 Å². The molecule has 0 spiro atoms. The van der Waals surface area contributed by atoms with E-state index in [2.05, 4.69) is 0 Å². The van der Waals surface area contributed by atoms with Crippen LogP contribution in [0.5, 0.6) is 0 Å². The van der Waals surface area contributed by atoms with Crippen molar-refractivity contribution in [3.63, 3.8) is 0 Å². The van der Waals surface area contributed by atoms with Crippen LogP contribution in [0.25, 0.3) is 0 Å². The van der Waals surface area contributed by atoms with E-state index in [9.17, 15) is 4.20 Å². The molecule has 0 rings (SSSR count). The molecule has 0 bridgehead atoms. The molecule has 0 fully saturated rings. The fourth-order valence-corrected chi connectivity index (χ4v) is 2.86. The quantitative estimate of drug-likeness (QED) is 0.563. The molecule has 0 unspecified atom stereocenters. The Labute approximate surface area is 64.3 Å². The molecule has 0 N–H and O–H groups in total. The van der Waals surface area contributed by atoms with Gasteiger partial charge in [0.1, 0.15) is 0 Å². The predicted octanol–water partition coefficient (Wildman–Crippen LogP) is 3.50. The molecule has 0 atom stereocenters. The zero-order valence-corrected chi connectivity index (χ0v) is 8.71. The van der Waals surface area contributed by atoms with Crippen molar-refractivity contribution in [1.29, 1.82) is 0 Å². The van der Waals surface area contributed by atoms with E-state index in [1.807, 2.05) is 34.4 Å². The molecule has 10 heavy (non-hydrogen) atoms. The molecule has 0 nitrogen and oxygen atoms in total. The van der Waals surface area contributed by atoms with Crippen molar-refractivity contribution >= 4 is 6.91 Å². The van der Waals surface area contributed by atoms with Gasteiger partial charge in [-0.2, -0.15) is 0 Å². The Morgan fingerprint density at radius 1 is 1.20 bits per heavy atom. The summed E-state index contributed by atoms with van der Waals surface area (Å²) in [6, 6.07) is 0. The van der Waals surface area contributed by atoms with Crippen molar-refractivity contribution in [1.82, 2.24) is 0 Å². The Bertz CT molecular complexity index is 110. The van der Waals surface area contributed by atoms with Crippen molar-refractivity contribution in [2.45, 2.75) is 33.4 Å². The molecular formula is C8H20FP. The van der Waals surface area contributed by atoms with Gasteiger partial charge in [-0.25, -0.2) is 0 Å². The Balaban J connectivity index is 4.51. The molecule has 0 radical (unpaired) electrons. The van der Waals surface area contributed by atoms with Gasteiger partial charge < -0.3 is 0 Å². The molecular weight excluding hydrogens is 146 g/mol. The third-order valence-electron chi connectivity index (χ3n) is 3.13. The molecule has 0 heterocycles. The zero-order valence-electron chi connectivity index (χ0n) is 7.82. The van der Waals surface area contributed by atoms with E-state index in [0.29, 0.717) is 0 Å². The summed E-state index contributed by atoms with van der Waals surface area (Å²) < 4.78 is 14.2. The van der Waals surface area contributed by atoms with Crippen LogP contribution in [-0.2, 0) is 0 Å². The fourth-order valence-electron chi connectivity index (χ4n) is 0.954. The Hall–Kier alpha value is 0.360. The molecule has 0 aromatic heterocycles. The Morgan fingerprint density at radius 3 is 1.50 bits per heavy atom. The van der Waals surface area contributed by atoms with Crippen molar-refractivity contribution in [3.05, 3.63) is 0 Å². The van der Waals surface area contributed by atoms with Gasteiger partial charge in [0.25, 0.3) is 0 Å². The van der Waals surface area contributed by atoms with E-state index in [-0.39, 0.29) is 5.66 Å². The normalized spacial score (nSPS) is 16.9. The molecule has 0 aliphatic rings. The van der Waals surface area contributed by atoms with Gasteiger partial charge in [0.05, 0.1) is 0 Å². The summed E-state index contributed by atoms with van der Waals surface area (Å²) in [7, 11) is 0. The van der Waals surface area contributed by atoms with Gasteiger partial charge in [-0.1, -0.05) is 0 Å². The van der Waals surface area contributed by atoms with Crippen LogP contribution < -0.4 is 0 Å². The summed E-state index contributed by atoms with van der Waals surface area (Å²) in [5.41, 5.74) is 0.237. The van der Waals surface area contributed by atoms with E-state index in [1.54, 1.807) is 0 Å². The third kappa shape index (κ3) is 1.69. The number of rotatable bonds is 3.